The molecule has 0 amide bonds. The molecule has 0 bridgehead atoms. The summed E-state index contributed by atoms with van der Waals surface area (Å²) in [5.41, 5.74) is 5.15. The van der Waals surface area contributed by atoms with E-state index in [9.17, 15) is 4.79 Å². The van der Waals surface area contributed by atoms with Crippen LogP contribution in [0.15, 0.2) is 53.3 Å². The maximum atomic E-state index is 12.6. The Bertz CT molecular complexity index is 1100. The van der Waals surface area contributed by atoms with Crippen molar-refractivity contribution in [3.8, 4) is 5.69 Å². The third-order valence-electron chi connectivity index (χ3n) is 5.12. The minimum atomic E-state index is -0.123. The molecule has 2 aromatic carbocycles. The quantitative estimate of drug-likeness (QED) is 0.679. The second-order valence-corrected chi connectivity index (χ2v) is 7.34. The standard InChI is InChI=1S/C21H22N4OS/c1-14-7-6-10-18(15(14)2)25-19-17(20(26)23-21(25)27)12-24(13-22-19)11-16-8-4-3-5-9-16/h3-10,22H,11-13H2,1-2H3,(H,23,26,27). The lowest BCUT2D eigenvalue weighted by Gasteiger charge is -2.31. The van der Waals surface area contributed by atoms with Gasteiger partial charge in [0.1, 0.15) is 5.82 Å². The number of aromatic amines is 1. The van der Waals surface area contributed by atoms with Gasteiger partial charge in [0.05, 0.1) is 17.9 Å². The van der Waals surface area contributed by atoms with Gasteiger partial charge >= 0.3 is 0 Å². The molecule has 3 aromatic rings. The monoisotopic (exact) mass is 378 g/mol. The molecule has 5 nitrogen and oxygen atoms in total. The van der Waals surface area contributed by atoms with E-state index in [-0.39, 0.29) is 5.56 Å². The van der Waals surface area contributed by atoms with Crippen molar-refractivity contribution >= 4 is 18.0 Å². The first-order valence-corrected chi connectivity index (χ1v) is 9.40. The van der Waals surface area contributed by atoms with Gasteiger partial charge in [-0.3, -0.25) is 19.2 Å². The van der Waals surface area contributed by atoms with E-state index in [1.165, 1.54) is 11.1 Å². The average molecular weight is 379 g/mol. The highest BCUT2D eigenvalue weighted by Crippen LogP contribution is 2.26. The molecule has 1 aliphatic rings. The second kappa shape index (κ2) is 7.13. The number of nitrogens with zero attached hydrogens (tertiary/aromatic N) is 2. The molecule has 0 aliphatic carbocycles. The van der Waals surface area contributed by atoms with E-state index in [1.807, 2.05) is 34.9 Å². The zero-order chi connectivity index (χ0) is 19.0. The molecular weight excluding hydrogens is 356 g/mol. The maximum Gasteiger partial charge on any atom is 0.258 e. The van der Waals surface area contributed by atoms with Crippen molar-refractivity contribution in [2.75, 3.05) is 12.0 Å². The number of H-pyrrole nitrogens is 1. The average Bonchev–Trinajstić information content (AvgIpc) is 2.66. The molecule has 27 heavy (non-hydrogen) atoms. The van der Waals surface area contributed by atoms with Crippen molar-refractivity contribution in [2.45, 2.75) is 26.9 Å². The smallest absolute Gasteiger partial charge is 0.258 e. The van der Waals surface area contributed by atoms with Crippen molar-refractivity contribution in [3.05, 3.63) is 85.9 Å². The number of fused-ring (bicyclic) bond motifs is 1. The van der Waals surface area contributed by atoms with Gasteiger partial charge in [0.2, 0.25) is 0 Å². The highest BCUT2D eigenvalue weighted by Gasteiger charge is 2.23. The fraction of sp³-hybridized carbons (Fsp3) is 0.238. The Morgan fingerprint density at radius 2 is 1.85 bits per heavy atom. The van der Waals surface area contributed by atoms with Crippen LogP contribution in [0, 0.1) is 18.6 Å². The van der Waals surface area contributed by atoms with Gasteiger partial charge in [0.15, 0.2) is 4.77 Å². The van der Waals surface area contributed by atoms with Gasteiger partial charge in [-0.05, 0) is 48.8 Å². The predicted molar refractivity (Wildman–Crippen MR) is 111 cm³/mol. The Labute approximate surface area is 163 Å². The highest BCUT2D eigenvalue weighted by atomic mass is 32.1. The number of hydrogen-bond acceptors (Lipinski definition) is 4. The summed E-state index contributed by atoms with van der Waals surface area (Å²) in [6, 6.07) is 16.4. The Morgan fingerprint density at radius 3 is 2.63 bits per heavy atom. The van der Waals surface area contributed by atoms with Gasteiger partial charge in [0.25, 0.3) is 5.56 Å². The number of aryl methyl sites for hydroxylation is 1. The lowest BCUT2D eigenvalue weighted by molar-refractivity contribution is 0.264. The number of benzene rings is 2. The molecule has 0 unspecified atom stereocenters. The molecule has 4 rings (SSSR count). The molecule has 0 atom stereocenters. The van der Waals surface area contributed by atoms with Crippen molar-refractivity contribution in [1.29, 1.82) is 0 Å². The van der Waals surface area contributed by atoms with Crippen molar-refractivity contribution in [3.63, 3.8) is 0 Å². The molecule has 0 fully saturated rings. The zero-order valence-corrected chi connectivity index (χ0v) is 16.3. The van der Waals surface area contributed by atoms with E-state index in [1.54, 1.807) is 0 Å². The largest absolute Gasteiger partial charge is 0.358 e. The van der Waals surface area contributed by atoms with Crippen LogP contribution in [-0.2, 0) is 13.1 Å². The van der Waals surface area contributed by atoms with Crippen LogP contribution >= 0.6 is 12.2 Å². The Morgan fingerprint density at radius 1 is 1.07 bits per heavy atom. The van der Waals surface area contributed by atoms with Gasteiger partial charge in [-0.1, -0.05) is 42.5 Å². The van der Waals surface area contributed by atoms with Crippen LogP contribution in [0.1, 0.15) is 22.3 Å². The molecule has 1 aliphatic heterocycles. The van der Waals surface area contributed by atoms with Gasteiger partial charge < -0.3 is 5.32 Å². The van der Waals surface area contributed by atoms with E-state index < -0.39 is 0 Å². The van der Waals surface area contributed by atoms with E-state index in [0.717, 1.165) is 23.6 Å². The molecule has 0 saturated heterocycles. The molecule has 0 radical (unpaired) electrons. The van der Waals surface area contributed by atoms with Crippen LogP contribution in [0.2, 0.25) is 0 Å². The first kappa shape index (κ1) is 17.7. The Hall–Kier alpha value is -2.70. The zero-order valence-electron chi connectivity index (χ0n) is 15.5. The van der Waals surface area contributed by atoms with Gasteiger partial charge in [0, 0.05) is 13.1 Å². The minimum Gasteiger partial charge on any atom is -0.358 e. The third kappa shape index (κ3) is 3.34. The lowest BCUT2D eigenvalue weighted by Crippen LogP contribution is -2.38. The number of hydrogen-bond donors (Lipinski definition) is 2. The van der Waals surface area contributed by atoms with Crippen LogP contribution in [0.3, 0.4) is 0 Å². The topological polar surface area (TPSA) is 53.1 Å². The lowest BCUT2D eigenvalue weighted by atomic mass is 10.1. The van der Waals surface area contributed by atoms with Crippen LogP contribution in [0.5, 0.6) is 0 Å². The molecule has 2 heterocycles. The van der Waals surface area contributed by atoms with Crippen molar-refractivity contribution < 1.29 is 0 Å². The van der Waals surface area contributed by atoms with E-state index >= 15 is 0 Å². The molecule has 138 valence electrons. The number of rotatable bonds is 3. The molecule has 0 saturated carbocycles. The summed E-state index contributed by atoms with van der Waals surface area (Å²) in [7, 11) is 0. The number of nitrogens with one attached hydrogen (secondary N) is 2. The Kier molecular flexibility index (Phi) is 4.68. The summed E-state index contributed by atoms with van der Waals surface area (Å²) < 4.78 is 2.37. The van der Waals surface area contributed by atoms with E-state index in [0.29, 0.717) is 23.5 Å². The van der Waals surface area contributed by atoms with Gasteiger partial charge in [-0.2, -0.15) is 0 Å². The fourth-order valence-corrected chi connectivity index (χ4v) is 3.81. The summed E-state index contributed by atoms with van der Waals surface area (Å²) >= 11 is 5.50. The molecule has 6 heteroatoms. The number of aromatic nitrogens is 2. The predicted octanol–water partition coefficient (Wildman–Crippen LogP) is 3.90. The molecular formula is C21H22N4OS. The van der Waals surface area contributed by atoms with Crippen molar-refractivity contribution in [1.82, 2.24) is 14.5 Å². The van der Waals surface area contributed by atoms with Gasteiger partial charge in [-0.15, -0.1) is 0 Å². The first-order valence-electron chi connectivity index (χ1n) is 8.99. The van der Waals surface area contributed by atoms with E-state index in [4.69, 9.17) is 12.2 Å². The SMILES string of the molecule is Cc1cccc(-n2c3c(c(=O)[nH]c2=S)CN(Cc2ccccc2)CN3)c1C. The molecule has 1 aromatic heterocycles. The summed E-state index contributed by atoms with van der Waals surface area (Å²) in [4.78, 5) is 17.7. The van der Waals surface area contributed by atoms with Crippen LogP contribution in [0.25, 0.3) is 5.69 Å². The number of anilines is 1. The molecule has 0 spiro atoms. The van der Waals surface area contributed by atoms with E-state index in [2.05, 4.69) is 47.2 Å². The summed E-state index contributed by atoms with van der Waals surface area (Å²) in [6.07, 6.45) is 0. The van der Waals surface area contributed by atoms with Gasteiger partial charge in [-0.25, -0.2) is 0 Å². The summed E-state index contributed by atoms with van der Waals surface area (Å²) in [5, 5.41) is 3.43. The second-order valence-electron chi connectivity index (χ2n) is 6.95. The first-order chi connectivity index (χ1) is 13.0. The normalized spacial score (nSPS) is 13.9. The summed E-state index contributed by atoms with van der Waals surface area (Å²) in [6.45, 7) is 6.17. The van der Waals surface area contributed by atoms with Crippen LogP contribution < -0.4 is 10.9 Å². The molecule has 2 N–H and O–H groups in total. The fourth-order valence-electron chi connectivity index (χ4n) is 3.53. The minimum absolute atomic E-state index is 0.123. The highest BCUT2D eigenvalue weighted by molar-refractivity contribution is 7.71. The maximum absolute atomic E-state index is 12.6. The van der Waals surface area contributed by atoms with Crippen molar-refractivity contribution in [2.24, 2.45) is 0 Å². The van der Waals surface area contributed by atoms with Crippen LogP contribution in [-0.4, -0.2) is 21.1 Å². The Balaban J connectivity index is 1.76. The van der Waals surface area contributed by atoms with Crippen LogP contribution in [0.4, 0.5) is 5.82 Å². The summed E-state index contributed by atoms with van der Waals surface area (Å²) in [5.74, 6) is 0.793. The third-order valence-corrected chi connectivity index (χ3v) is 5.41.